The molecule has 0 spiro atoms. The standard InChI is InChI=1S/C17H36O/c1-14(2)12-17(5)13-16(4)10-9-15(3)8-6-7-11-18/h14-18H,6-13H2,1-5H3/t15?,16-,17-/m0/s1. The van der Waals surface area contributed by atoms with Crippen LogP contribution in [0, 0.1) is 23.7 Å². The summed E-state index contributed by atoms with van der Waals surface area (Å²) in [5.74, 6) is 3.42. The van der Waals surface area contributed by atoms with Crippen molar-refractivity contribution >= 4 is 0 Å². The van der Waals surface area contributed by atoms with E-state index in [4.69, 9.17) is 5.11 Å². The zero-order valence-corrected chi connectivity index (χ0v) is 13.4. The highest BCUT2D eigenvalue weighted by molar-refractivity contribution is 4.64. The molecule has 0 aromatic heterocycles. The van der Waals surface area contributed by atoms with Crippen molar-refractivity contribution in [2.75, 3.05) is 6.61 Å². The molecule has 0 bridgehead atoms. The Balaban J connectivity index is 3.59. The quantitative estimate of drug-likeness (QED) is 0.499. The molecule has 0 aromatic rings. The Labute approximate surface area is 115 Å². The van der Waals surface area contributed by atoms with E-state index in [0.717, 1.165) is 30.1 Å². The first-order valence-electron chi connectivity index (χ1n) is 8.06. The fourth-order valence-electron chi connectivity index (χ4n) is 3.02. The molecule has 0 radical (unpaired) electrons. The maximum Gasteiger partial charge on any atom is 0.0431 e. The Kier molecular flexibility index (Phi) is 10.8. The molecule has 0 heterocycles. The van der Waals surface area contributed by atoms with Crippen molar-refractivity contribution in [3.8, 4) is 0 Å². The normalized spacial score (nSPS) is 16.8. The summed E-state index contributed by atoms with van der Waals surface area (Å²) in [7, 11) is 0. The van der Waals surface area contributed by atoms with Gasteiger partial charge in [-0.3, -0.25) is 0 Å². The van der Waals surface area contributed by atoms with Crippen LogP contribution in [0.25, 0.3) is 0 Å². The molecular formula is C17H36O. The molecule has 0 fully saturated rings. The second kappa shape index (κ2) is 10.8. The average molecular weight is 256 g/mol. The molecule has 18 heavy (non-hydrogen) atoms. The molecule has 1 heteroatoms. The lowest BCUT2D eigenvalue weighted by Crippen LogP contribution is -2.07. The fraction of sp³-hybridized carbons (Fsp3) is 1.00. The summed E-state index contributed by atoms with van der Waals surface area (Å²) in [5, 5.41) is 8.77. The Morgan fingerprint density at radius 1 is 0.667 bits per heavy atom. The molecule has 1 unspecified atom stereocenters. The van der Waals surface area contributed by atoms with E-state index in [0.29, 0.717) is 6.61 Å². The van der Waals surface area contributed by atoms with Gasteiger partial charge in [-0.1, -0.05) is 60.3 Å². The van der Waals surface area contributed by atoms with Gasteiger partial charge in [0.15, 0.2) is 0 Å². The van der Waals surface area contributed by atoms with Gasteiger partial charge in [-0.2, -0.15) is 0 Å². The summed E-state index contributed by atoms with van der Waals surface area (Å²) in [5.41, 5.74) is 0. The van der Waals surface area contributed by atoms with Gasteiger partial charge in [0, 0.05) is 6.61 Å². The summed E-state index contributed by atoms with van der Waals surface area (Å²) >= 11 is 0. The SMILES string of the molecule is CC(C)C[C@H](C)C[C@@H](C)CCC(C)CCCCO. The molecule has 0 saturated carbocycles. The maximum absolute atomic E-state index is 8.77. The first-order valence-corrected chi connectivity index (χ1v) is 8.06. The van der Waals surface area contributed by atoms with Gasteiger partial charge in [0.05, 0.1) is 0 Å². The number of aliphatic hydroxyl groups is 1. The number of rotatable bonds is 11. The van der Waals surface area contributed by atoms with E-state index in [2.05, 4.69) is 34.6 Å². The van der Waals surface area contributed by atoms with Crippen molar-refractivity contribution in [1.29, 1.82) is 0 Å². The molecule has 3 atom stereocenters. The Bertz CT molecular complexity index is 176. The van der Waals surface area contributed by atoms with E-state index in [9.17, 15) is 0 Å². The average Bonchev–Trinajstić information content (AvgIpc) is 2.25. The van der Waals surface area contributed by atoms with Crippen LogP contribution < -0.4 is 0 Å². The molecule has 0 rings (SSSR count). The van der Waals surface area contributed by atoms with Crippen molar-refractivity contribution in [1.82, 2.24) is 0 Å². The van der Waals surface area contributed by atoms with Crippen LogP contribution in [0.1, 0.15) is 79.6 Å². The largest absolute Gasteiger partial charge is 0.396 e. The van der Waals surface area contributed by atoms with Gasteiger partial charge in [0.25, 0.3) is 0 Å². The number of hydrogen-bond acceptors (Lipinski definition) is 1. The molecule has 0 aliphatic carbocycles. The van der Waals surface area contributed by atoms with Gasteiger partial charge in [-0.05, 0) is 42.9 Å². The minimum atomic E-state index is 0.357. The minimum absolute atomic E-state index is 0.357. The minimum Gasteiger partial charge on any atom is -0.396 e. The van der Waals surface area contributed by atoms with Gasteiger partial charge in [-0.25, -0.2) is 0 Å². The zero-order valence-electron chi connectivity index (χ0n) is 13.4. The van der Waals surface area contributed by atoms with Gasteiger partial charge in [0.2, 0.25) is 0 Å². The van der Waals surface area contributed by atoms with E-state index < -0.39 is 0 Å². The van der Waals surface area contributed by atoms with Crippen LogP contribution in [-0.4, -0.2) is 11.7 Å². The topological polar surface area (TPSA) is 20.2 Å². The summed E-state index contributed by atoms with van der Waals surface area (Å²) in [4.78, 5) is 0. The van der Waals surface area contributed by atoms with Crippen molar-refractivity contribution in [3.05, 3.63) is 0 Å². The second-order valence-electron chi connectivity index (χ2n) is 6.98. The molecule has 1 nitrogen and oxygen atoms in total. The first kappa shape index (κ1) is 18.0. The lowest BCUT2D eigenvalue weighted by atomic mass is 9.86. The summed E-state index contributed by atoms with van der Waals surface area (Å²) in [6.07, 6.45) is 8.96. The Morgan fingerprint density at radius 3 is 1.83 bits per heavy atom. The molecular weight excluding hydrogens is 220 g/mol. The molecule has 1 N–H and O–H groups in total. The predicted octanol–water partition coefficient (Wildman–Crippen LogP) is 5.27. The smallest absolute Gasteiger partial charge is 0.0431 e. The van der Waals surface area contributed by atoms with Crippen LogP contribution >= 0.6 is 0 Å². The van der Waals surface area contributed by atoms with Crippen LogP contribution in [0.15, 0.2) is 0 Å². The summed E-state index contributed by atoms with van der Waals surface area (Å²) in [6.45, 7) is 12.2. The lowest BCUT2D eigenvalue weighted by molar-refractivity contribution is 0.274. The molecule has 0 aliphatic rings. The van der Waals surface area contributed by atoms with Gasteiger partial charge < -0.3 is 5.11 Å². The molecule has 0 saturated heterocycles. The van der Waals surface area contributed by atoms with E-state index in [-0.39, 0.29) is 0 Å². The van der Waals surface area contributed by atoms with Crippen LogP contribution in [0.2, 0.25) is 0 Å². The zero-order chi connectivity index (χ0) is 14.0. The summed E-state index contributed by atoms with van der Waals surface area (Å²) in [6, 6.07) is 0. The number of hydrogen-bond donors (Lipinski definition) is 1. The molecule has 110 valence electrons. The Morgan fingerprint density at radius 2 is 1.28 bits per heavy atom. The highest BCUT2D eigenvalue weighted by atomic mass is 16.2. The molecule has 0 aliphatic heterocycles. The van der Waals surface area contributed by atoms with Crippen molar-refractivity contribution in [3.63, 3.8) is 0 Å². The number of aliphatic hydroxyl groups excluding tert-OH is 1. The predicted molar refractivity (Wildman–Crippen MR) is 81.7 cm³/mol. The van der Waals surface area contributed by atoms with E-state index in [1.165, 1.54) is 38.5 Å². The lowest BCUT2D eigenvalue weighted by Gasteiger charge is -2.20. The monoisotopic (exact) mass is 256 g/mol. The first-order chi connectivity index (χ1) is 8.45. The van der Waals surface area contributed by atoms with Crippen molar-refractivity contribution in [2.24, 2.45) is 23.7 Å². The van der Waals surface area contributed by atoms with E-state index in [1.54, 1.807) is 0 Å². The summed E-state index contributed by atoms with van der Waals surface area (Å²) < 4.78 is 0. The maximum atomic E-state index is 8.77. The second-order valence-corrected chi connectivity index (χ2v) is 6.98. The molecule has 0 amide bonds. The van der Waals surface area contributed by atoms with Crippen LogP contribution in [0.4, 0.5) is 0 Å². The highest BCUT2D eigenvalue weighted by Crippen LogP contribution is 2.24. The van der Waals surface area contributed by atoms with Gasteiger partial charge in [-0.15, -0.1) is 0 Å². The van der Waals surface area contributed by atoms with Crippen LogP contribution in [0.5, 0.6) is 0 Å². The van der Waals surface area contributed by atoms with E-state index >= 15 is 0 Å². The van der Waals surface area contributed by atoms with Crippen molar-refractivity contribution in [2.45, 2.75) is 79.6 Å². The van der Waals surface area contributed by atoms with Gasteiger partial charge >= 0.3 is 0 Å². The third-order valence-corrected chi connectivity index (χ3v) is 3.94. The fourth-order valence-corrected chi connectivity index (χ4v) is 3.02. The van der Waals surface area contributed by atoms with Crippen LogP contribution in [-0.2, 0) is 0 Å². The third kappa shape index (κ3) is 11.1. The highest BCUT2D eigenvalue weighted by Gasteiger charge is 2.12. The molecule has 0 aromatic carbocycles. The van der Waals surface area contributed by atoms with Crippen molar-refractivity contribution < 1.29 is 5.11 Å². The van der Waals surface area contributed by atoms with Crippen LogP contribution in [0.3, 0.4) is 0 Å². The number of unbranched alkanes of at least 4 members (excludes halogenated alkanes) is 1. The third-order valence-electron chi connectivity index (χ3n) is 3.94. The Hall–Kier alpha value is -0.0400. The van der Waals surface area contributed by atoms with Gasteiger partial charge in [0.1, 0.15) is 0 Å². The van der Waals surface area contributed by atoms with E-state index in [1.807, 2.05) is 0 Å².